The highest BCUT2D eigenvalue weighted by Crippen LogP contribution is 2.28. The molecule has 21 heavy (non-hydrogen) atoms. The number of nitrogens with zero attached hydrogens (tertiary/aromatic N) is 5. The van der Waals surface area contributed by atoms with Crippen LogP contribution in [0.4, 0.5) is 0 Å². The predicted octanol–water partition coefficient (Wildman–Crippen LogP) is 0.778. The van der Waals surface area contributed by atoms with Gasteiger partial charge in [0.1, 0.15) is 17.0 Å². The first-order valence-electron chi connectivity index (χ1n) is 6.83. The summed E-state index contributed by atoms with van der Waals surface area (Å²) in [6.07, 6.45) is 6.34. The van der Waals surface area contributed by atoms with Gasteiger partial charge in [0, 0.05) is 38.4 Å². The summed E-state index contributed by atoms with van der Waals surface area (Å²) in [6.45, 7) is 0.968. The molecule has 7 nitrogen and oxygen atoms in total. The highest BCUT2D eigenvalue weighted by Gasteiger charge is 2.32. The van der Waals surface area contributed by atoms with Crippen LogP contribution in [-0.4, -0.2) is 45.6 Å². The molecule has 1 atom stereocenters. The molecule has 0 saturated carbocycles. The molecule has 2 aromatic heterocycles. The summed E-state index contributed by atoms with van der Waals surface area (Å²) < 4.78 is 28.6. The van der Waals surface area contributed by atoms with Crippen molar-refractivity contribution in [3.63, 3.8) is 0 Å². The zero-order chi connectivity index (χ0) is 14.9. The third-order valence-corrected chi connectivity index (χ3v) is 5.62. The van der Waals surface area contributed by atoms with Crippen LogP contribution in [0.25, 0.3) is 0 Å². The van der Waals surface area contributed by atoms with Gasteiger partial charge in [-0.25, -0.2) is 8.42 Å². The molecule has 3 rings (SSSR count). The van der Waals surface area contributed by atoms with Crippen LogP contribution >= 0.6 is 0 Å². The molecule has 0 unspecified atom stereocenters. The second-order valence-electron chi connectivity index (χ2n) is 5.19. The van der Waals surface area contributed by atoms with Crippen molar-refractivity contribution in [1.29, 1.82) is 0 Å². The molecule has 0 spiro atoms. The SMILES string of the molecule is Cn1cnnc1[C@H]1CCCN(S(=O)(=O)c2cccnc2)C1. The van der Waals surface area contributed by atoms with Crippen LogP contribution in [0.5, 0.6) is 0 Å². The van der Waals surface area contributed by atoms with E-state index in [4.69, 9.17) is 0 Å². The minimum atomic E-state index is -3.49. The van der Waals surface area contributed by atoms with Crippen LogP contribution in [0.15, 0.2) is 35.7 Å². The van der Waals surface area contributed by atoms with Gasteiger partial charge < -0.3 is 4.57 Å². The smallest absolute Gasteiger partial charge is 0.244 e. The van der Waals surface area contributed by atoms with Crippen LogP contribution in [-0.2, 0) is 17.1 Å². The number of hydrogen-bond donors (Lipinski definition) is 0. The first-order chi connectivity index (χ1) is 10.1. The molecule has 3 heterocycles. The minimum Gasteiger partial charge on any atom is -0.320 e. The number of pyridine rings is 1. The van der Waals surface area contributed by atoms with Crippen molar-refractivity contribution >= 4 is 10.0 Å². The Morgan fingerprint density at radius 3 is 2.90 bits per heavy atom. The van der Waals surface area contributed by atoms with Crippen molar-refractivity contribution in [1.82, 2.24) is 24.1 Å². The Kier molecular flexibility index (Phi) is 3.73. The van der Waals surface area contributed by atoms with Crippen LogP contribution in [0.2, 0.25) is 0 Å². The van der Waals surface area contributed by atoms with Crippen LogP contribution < -0.4 is 0 Å². The van der Waals surface area contributed by atoms with Gasteiger partial charge in [-0.05, 0) is 25.0 Å². The number of sulfonamides is 1. The first kappa shape index (κ1) is 14.2. The number of rotatable bonds is 3. The van der Waals surface area contributed by atoms with E-state index >= 15 is 0 Å². The number of hydrogen-bond acceptors (Lipinski definition) is 5. The van der Waals surface area contributed by atoms with Gasteiger partial charge in [-0.15, -0.1) is 10.2 Å². The molecule has 112 valence electrons. The molecule has 0 amide bonds. The summed E-state index contributed by atoms with van der Waals surface area (Å²) in [5.41, 5.74) is 0. The summed E-state index contributed by atoms with van der Waals surface area (Å²) >= 11 is 0. The Labute approximate surface area is 123 Å². The molecule has 0 N–H and O–H groups in total. The normalized spacial score (nSPS) is 20.5. The lowest BCUT2D eigenvalue weighted by molar-refractivity contribution is 0.306. The molecule has 0 aliphatic carbocycles. The lowest BCUT2D eigenvalue weighted by Crippen LogP contribution is -2.39. The van der Waals surface area contributed by atoms with Crippen LogP contribution in [0, 0.1) is 0 Å². The third-order valence-electron chi connectivity index (χ3n) is 3.77. The Balaban J connectivity index is 1.85. The maximum atomic E-state index is 12.6. The van der Waals surface area contributed by atoms with Gasteiger partial charge >= 0.3 is 0 Å². The predicted molar refractivity (Wildman–Crippen MR) is 76.0 cm³/mol. The van der Waals surface area contributed by atoms with Crippen molar-refractivity contribution in [2.24, 2.45) is 7.05 Å². The molecule has 1 fully saturated rings. The summed E-state index contributed by atoms with van der Waals surface area (Å²) in [5.74, 6) is 0.916. The Hall–Kier alpha value is -1.80. The van der Waals surface area contributed by atoms with Crippen molar-refractivity contribution < 1.29 is 8.42 Å². The van der Waals surface area contributed by atoms with E-state index in [2.05, 4.69) is 15.2 Å². The van der Waals surface area contributed by atoms with Crippen molar-refractivity contribution in [3.05, 3.63) is 36.7 Å². The second-order valence-corrected chi connectivity index (χ2v) is 7.13. The second kappa shape index (κ2) is 5.53. The van der Waals surface area contributed by atoms with Gasteiger partial charge in [0.2, 0.25) is 10.0 Å². The molecule has 2 aromatic rings. The zero-order valence-corrected chi connectivity index (χ0v) is 12.6. The topological polar surface area (TPSA) is 81.0 Å². The highest BCUT2D eigenvalue weighted by atomic mass is 32.2. The zero-order valence-electron chi connectivity index (χ0n) is 11.8. The van der Waals surface area contributed by atoms with Crippen molar-refractivity contribution in [3.8, 4) is 0 Å². The monoisotopic (exact) mass is 307 g/mol. The fraction of sp³-hybridized carbons (Fsp3) is 0.462. The third kappa shape index (κ3) is 2.68. The minimum absolute atomic E-state index is 0.0812. The van der Waals surface area contributed by atoms with Crippen LogP contribution in [0.3, 0.4) is 0 Å². The molecule has 0 aromatic carbocycles. The standard InChI is InChI=1S/C13H17N5O2S/c1-17-10-15-16-13(17)11-4-3-7-18(9-11)21(19,20)12-5-2-6-14-8-12/h2,5-6,8,10-11H,3-4,7,9H2,1H3/t11-/m0/s1. The van der Waals surface area contributed by atoms with E-state index in [1.165, 1.54) is 10.5 Å². The van der Waals surface area contributed by atoms with E-state index in [1.807, 2.05) is 11.6 Å². The van der Waals surface area contributed by atoms with E-state index < -0.39 is 10.0 Å². The van der Waals surface area contributed by atoms with E-state index in [9.17, 15) is 8.42 Å². The summed E-state index contributed by atoms with van der Waals surface area (Å²) in [6, 6.07) is 3.21. The quantitative estimate of drug-likeness (QED) is 0.837. The fourth-order valence-electron chi connectivity index (χ4n) is 2.68. The molecule has 1 aliphatic heterocycles. The summed E-state index contributed by atoms with van der Waals surface area (Å²) in [7, 11) is -1.61. The summed E-state index contributed by atoms with van der Waals surface area (Å²) in [4.78, 5) is 4.14. The average molecular weight is 307 g/mol. The van der Waals surface area contributed by atoms with Gasteiger partial charge in [-0.3, -0.25) is 4.98 Å². The fourth-order valence-corrected chi connectivity index (χ4v) is 4.17. The maximum Gasteiger partial charge on any atom is 0.244 e. The van der Waals surface area contributed by atoms with E-state index in [-0.39, 0.29) is 10.8 Å². The Morgan fingerprint density at radius 1 is 1.38 bits per heavy atom. The lowest BCUT2D eigenvalue weighted by atomic mass is 9.99. The van der Waals surface area contributed by atoms with Gasteiger partial charge in [0.15, 0.2) is 0 Å². The van der Waals surface area contributed by atoms with Crippen molar-refractivity contribution in [2.45, 2.75) is 23.7 Å². The van der Waals surface area contributed by atoms with Gasteiger partial charge in [-0.2, -0.15) is 4.31 Å². The molecular weight excluding hydrogens is 290 g/mol. The largest absolute Gasteiger partial charge is 0.320 e. The average Bonchev–Trinajstić information content (AvgIpc) is 2.94. The number of aromatic nitrogens is 4. The molecule has 8 heteroatoms. The van der Waals surface area contributed by atoms with Crippen molar-refractivity contribution in [2.75, 3.05) is 13.1 Å². The molecular formula is C13H17N5O2S. The highest BCUT2D eigenvalue weighted by molar-refractivity contribution is 7.89. The lowest BCUT2D eigenvalue weighted by Gasteiger charge is -2.31. The Morgan fingerprint density at radius 2 is 2.24 bits per heavy atom. The molecule has 1 saturated heterocycles. The maximum absolute atomic E-state index is 12.6. The van der Waals surface area contributed by atoms with E-state index in [0.29, 0.717) is 13.1 Å². The van der Waals surface area contributed by atoms with E-state index in [0.717, 1.165) is 18.7 Å². The van der Waals surface area contributed by atoms with Gasteiger partial charge in [-0.1, -0.05) is 0 Å². The first-order valence-corrected chi connectivity index (χ1v) is 8.27. The van der Waals surface area contributed by atoms with Gasteiger partial charge in [0.25, 0.3) is 0 Å². The van der Waals surface area contributed by atoms with Gasteiger partial charge in [0.05, 0.1) is 0 Å². The van der Waals surface area contributed by atoms with Crippen LogP contribution in [0.1, 0.15) is 24.6 Å². The Bertz CT molecular complexity index is 713. The number of aryl methyl sites for hydroxylation is 1. The van der Waals surface area contributed by atoms with E-state index in [1.54, 1.807) is 24.7 Å². The molecule has 1 aliphatic rings. The summed E-state index contributed by atoms with van der Waals surface area (Å²) in [5, 5.41) is 7.99. The number of piperidine rings is 1. The molecule has 0 bridgehead atoms. The molecule has 0 radical (unpaired) electrons.